The zero-order chi connectivity index (χ0) is 18.0. The number of halogens is 1. The van der Waals surface area contributed by atoms with Crippen LogP contribution < -0.4 is 5.32 Å². The van der Waals surface area contributed by atoms with Crippen LogP contribution in [0.1, 0.15) is 11.1 Å². The number of hydrogen-bond donors (Lipinski definition) is 1. The van der Waals surface area contributed by atoms with Crippen LogP contribution in [-0.2, 0) is 21.4 Å². The fraction of sp³-hybridized carbons (Fsp3) is 0.176. The molecule has 6 nitrogen and oxygen atoms in total. The standard InChI is InChI=1S/C17H16ClN3O3S/c1-21(11-16(22)19-10-12-5-4-6-13(18)9-12)17-14-7-2-3-8-15(14)25(23,24)20-17/h2-9H,10-11H2,1H3,(H,19,22). The van der Waals surface area contributed by atoms with E-state index in [4.69, 9.17) is 11.6 Å². The van der Waals surface area contributed by atoms with Gasteiger partial charge in [-0.2, -0.15) is 8.42 Å². The zero-order valence-electron chi connectivity index (χ0n) is 13.4. The molecule has 0 unspecified atom stereocenters. The maximum absolute atomic E-state index is 12.2. The molecule has 1 aliphatic heterocycles. The predicted molar refractivity (Wildman–Crippen MR) is 96.1 cm³/mol. The number of carbonyl (C=O) groups excluding carboxylic acids is 1. The van der Waals surface area contributed by atoms with Gasteiger partial charge in [0.1, 0.15) is 4.90 Å². The van der Waals surface area contributed by atoms with Gasteiger partial charge in [-0.3, -0.25) is 4.79 Å². The highest BCUT2D eigenvalue weighted by atomic mass is 35.5. The normalized spacial score (nSPS) is 14.6. The highest BCUT2D eigenvalue weighted by Crippen LogP contribution is 2.26. The van der Waals surface area contributed by atoms with Gasteiger partial charge in [-0.05, 0) is 29.8 Å². The van der Waals surface area contributed by atoms with Gasteiger partial charge in [-0.1, -0.05) is 35.9 Å². The van der Waals surface area contributed by atoms with Crippen molar-refractivity contribution in [2.75, 3.05) is 13.6 Å². The van der Waals surface area contributed by atoms with Crippen molar-refractivity contribution in [2.45, 2.75) is 11.4 Å². The van der Waals surface area contributed by atoms with Crippen molar-refractivity contribution >= 4 is 33.4 Å². The average molecular weight is 378 g/mol. The predicted octanol–water partition coefficient (Wildman–Crippen LogP) is 2.04. The fourth-order valence-electron chi connectivity index (χ4n) is 2.56. The first-order valence-corrected chi connectivity index (χ1v) is 9.35. The first kappa shape index (κ1) is 17.4. The van der Waals surface area contributed by atoms with Gasteiger partial charge in [0.2, 0.25) is 5.91 Å². The van der Waals surface area contributed by atoms with E-state index in [1.807, 2.05) is 12.1 Å². The van der Waals surface area contributed by atoms with Crippen molar-refractivity contribution in [3.63, 3.8) is 0 Å². The summed E-state index contributed by atoms with van der Waals surface area (Å²) in [5.74, 6) is 0.0282. The lowest BCUT2D eigenvalue weighted by Gasteiger charge is -2.18. The minimum atomic E-state index is -3.70. The Balaban J connectivity index is 1.66. The van der Waals surface area contributed by atoms with E-state index in [0.29, 0.717) is 17.1 Å². The van der Waals surface area contributed by atoms with Gasteiger partial charge >= 0.3 is 0 Å². The molecule has 1 amide bonds. The van der Waals surface area contributed by atoms with Gasteiger partial charge in [-0.25, -0.2) is 0 Å². The Labute approximate surface area is 151 Å². The number of amidine groups is 1. The van der Waals surface area contributed by atoms with E-state index in [9.17, 15) is 13.2 Å². The number of nitrogens with one attached hydrogen (secondary N) is 1. The largest absolute Gasteiger partial charge is 0.350 e. The quantitative estimate of drug-likeness (QED) is 0.884. The van der Waals surface area contributed by atoms with Crippen LogP contribution in [0.15, 0.2) is 57.8 Å². The third-order valence-electron chi connectivity index (χ3n) is 3.73. The fourth-order valence-corrected chi connectivity index (χ4v) is 4.02. The van der Waals surface area contributed by atoms with Crippen LogP contribution in [0.5, 0.6) is 0 Å². The molecule has 0 radical (unpaired) electrons. The molecule has 0 saturated heterocycles. The summed E-state index contributed by atoms with van der Waals surface area (Å²) in [6, 6.07) is 13.8. The van der Waals surface area contributed by atoms with Crippen molar-refractivity contribution < 1.29 is 13.2 Å². The summed E-state index contributed by atoms with van der Waals surface area (Å²) in [4.78, 5) is 13.8. The van der Waals surface area contributed by atoms with Crippen molar-refractivity contribution in [3.05, 3.63) is 64.7 Å². The van der Waals surface area contributed by atoms with Crippen LogP contribution in [0, 0.1) is 0 Å². The molecule has 0 atom stereocenters. The SMILES string of the molecule is CN(CC(=O)NCc1cccc(Cl)c1)C1=NS(=O)(=O)c2ccccc21. The monoisotopic (exact) mass is 377 g/mol. The van der Waals surface area contributed by atoms with Gasteiger partial charge in [0.15, 0.2) is 5.84 Å². The van der Waals surface area contributed by atoms with Gasteiger partial charge in [-0.15, -0.1) is 4.40 Å². The topological polar surface area (TPSA) is 78.8 Å². The van der Waals surface area contributed by atoms with Gasteiger partial charge in [0, 0.05) is 24.2 Å². The summed E-state index contributed by atoms with van der Waals surface area (Å²) in [5.41, 5.74) is 1.39. The lowest BCUT2D eigenvalue weighted by molar-refractivity contribution is -0.121. The summed E-state index contributed by atoms with van der Waals surface area (Å²) in [7, 11) is -2.06. The number of benzene rings is 2. The number of sulfonamides is 1. The summed E-state index contributed by atoms with van der Waals surface area (Å²) in [6.45, 7) is 0.331. The van der Waals surface area contributed by atoms with E-state index in [1.165, 1.54) is 11.0 Å². The Bertz CT molecular complexity index is 957. The number of rotatable bonds is 4. The first-order chi connectivity index (χ1) is 11.9. The molecule has 0 aromatic heterocycles. The molecule has 1 heterocycles. The molecule has 3 rings (SSSR count). The first-order valence-electron chi connectivity index (χ1n) is 7.53. The van der Waals surface area contributed by atoms with Crippen LogP contribution in [0.25, 0.3) is 0 Å². The molecule has 1 aliphatic rings. The maximum Gasteiger partial charge on any atom is 0.285 e. The third kappa shape index (κ3) is 3.83. The van der Waals surface area contributed by atoms with Crippen LogP contribution in [0.3, 0.4) is 0 Å². The maximum atomic E-state index is 12.2. The molecule has 0 aliphatic carbocycles. The number of amides is 1. The molecule has 2 aromatic carbocycles. The molecule has 0 fully saturated rings. The molecule has 130 valence electrons. The lowest BCUT2D eigenvalue weighted by atomic mass is 10.2. The average Bonchev–Trinajstić information content (AvgIpc) is 2.85. The highest BCUT2D eigenvalue weighted by molar-refractivity contribution is 7.90. The van der Waals surface area contributed by atoms with Crippen LogP contribution in [0.2, 0.25) is 5.02 Å². The second-order valence-corrected chi connectivity index (χ2v) is 7.66. The van der Waals surface area contributed by atoms with Crippen molar-refractivity contribution in [1.82, 2.24) is 10.2 Å². The van der Waals surface area contributed by atoms with E-state index in [-0.39, 0.29) is 23.2 Å². The van der Waals surface area contributed by atoms with Gasteiger partial charge in [0.25, 0.3) is 10.0 Å². The smallest absolute Gasteiger partial charge is 0.285 e. The Morgan fingerprint density at radius 1 is 1.20 bits per heavy atom. The number of fused-ring (bicyclic) bond motifs is 1. The number of nitrogens with zero attached hydrogens (tertiary/aromatic N) is 2. The number of hydrogen-bond acceptors (Lipinski definition) is 4. The molecule has 2 aromatic rings. The second-order valence-electron chi connectivity index (χ2n) is 5.65. The summed E-state index contributed by atoms with van der Waals surface area (Å²) in [5, 5.41) is 3.38. The molecule has 0 saturated carbocycles. The molecule has 8 heteroatoms. The van der Waals surface area contributed by atoms with Crippen LogP contribution in [0.4, 0.5) is 0 Å². The van der Waals surface area contributed by atoms with E-state index < -0.39 is 10.0 Å². The number of likely N-dealkylation sites (N-methyl/N-ethyl adjacent to an activating group) is 1. The Kier molecular flexibility index (Phi) is 4.78. The van der Waals surface area contributed by atoms with Crippen molar-refractivity contribution in [2.24, 2.45) is 4.40 Å². The molecule has 1 N–H and O–H groups in total. The van der Waals surface area contributed by atoms with Gasteiger partial charge in [0.05, 0.1) is 6.54 Å². The Morgan fingerprint density at radius 3 is 2.72 bits per heavy atom. The highest BCUT2D eigenvalue weighted by Gasteiger charge is 2.30. The van der Waals surface area contributed by atoms with Gasteiger partial charge < -0.3 is 10.2 Å². The molecule has 0 bridgehead atoms. The Hall–Kier alpha value is -2.38. The third-order valence-corrected chi connectivity index (χ3v) is 5.29. The van der Waals surface area contributed by atoms with Crippen LogP contribution in [-0.4, -0.2) is 38.7 Å². The van der Waals surface area contributed by atoms with E-state index >= 15 is 0 Å². The summed E-state index contributed by atoms with van der Waals surface area (Å²) < 4.78 is 27.9. The molecular weight excluding hydrogens is 362 g/mol. The minimum absolute atomic E-state index is 0.0107. The van der Waals surface area contributed by atoms with E-state index in [1.54, 1.807) is 37.4 Å². The van der Waals surface area contributed by atoms with Crippen molar-refractivity contribution in [1.29, 1.82) is 0 Å². The van der Waals surface area contributed by atoms with E-state index in [2.05, 4.69) is 9.71 Å². The lowest BCUT2D eigenvalue weighted by Crippen LogP contribution is -2.38. The van der Waals surface area contributed by atoms with Crippen molar-refractivity contribution in [3.8, 4) is 0 Å². The van der Waals surface area contributed by atoms with E-state index in [0.717, 1.165) is 5.56 Å². The molecular formula is C17H16ClN3O3S. The van der Waals surface area contributed by atoms with Crippen LogP contribution >= 0.6 is 11.6 Å². The number of carbonyl (C=O) groups is 1. The molecule has 0 spiro atoms. The summed E-state index contributed by atoms with van der Waals surface area (Å²) >= 11 is 5.91. The zero-order valence-corrected chi connectivity index (χ0v) is 15.0. The second kappa shape index (κ2) is 6.85. The minimum Gasteiger partial charge on any atom is -0.350 e. The molecule has 25 heavy (non-hydrogen) atoms. The Morgan fingerprint density at radius 2 is 1.96 bits per heavy atom. The summed E-state index contributed by atoms with van der Waals surface area (Å²) in [6.07, 6.45) is 0.